The fourth-order valence-corrected chi connectivity index (χ4v) is 2.13. The number of carbonyl (C=O) groups excluding carboxylic acids is 2. The number of ketones is 1. The van der Waals surface area contributed by atoms with E-state index in [0.29, 0.717) is 19.3 Å². The molecule has 1 rings (SSSR count). The summed E-state index contributed by atoms with van der Waals surface area (Å²) in [5.41, 5.74) is 2.01. The number of aryl methyl sites for hydroxylation is 1. The number of nitrogens with one attached hydrogen (secondary N) is 1. The van der Waals surface area contributed by atoms with Crippen LogP contribution in [0.1, 0.15) is 38.2 Å². The first-order chi connectivity index (χ1) is 9.63. The molecule has 0 spiro atoms. The molecular formula is C17H23NO2. The van der Waals surface area contributed by atoms with Crippen LogP contribution < -0.4 is 5.32 Å². The van der Waals surface area contributed by atoms with E-state index in [9.17, 15) is 9.59 Å². The van der Waals surface area contributed by atoms with Gasteiger partial charge in [0.15, 0.2) is 5.78 Å². The van der Waals surface area contributed by atoms with Crippen molar-refractivity contribution in [1.29, 1.82) is 0 Å². The van der Waals surface area contributed by atoms with Gasteiger partial charge in [-0.25, -0.2) is 0 Å². The van der Waals surface area contributed by atoms with Crippen LogP contribution in [0, 0.1) is 0 Å². The van der Waals surface area contributed by atoms with Crippen LogP contribution in [0.25, 0.3) is 0 Å². The molecule has 3 nitrogen and oxygen atoms in total. The van der Waals surface area contributed by atoms with E-state index in [1.54, 1.807) is 0 Å². The number of hydrogen-bond acceptors (Lipinski definition) is 3. The summed E-state index contributed by atoms with van der Waals surface area (Å²) in [6, 6.07) is 9.86. The summed E-state index contributed by atoms with van der Waals surface area (Å²) in [6.07, 6.45) is 4.05. The van der Waals surface area contributed by atoms with E-state index >= 15 is 0 Å². The maximum absolute atomic E-state index is 12.2. The van der Waals surface area contributed by atoms with Gasteiger partial charge < -0.3 is 10.1 Å². The molecule has 0 aromatic heterocycles. The lowest BCUT2D eigenvalue weighted by Gasteiger charge is -2.17. The van der Waals surface area contributed by atoms with E-state index in [1.165, 1.54) is 5.56 Å². The van der Waals surface area contributed by atoms with Crippen molar-refractivity contribution in [3.8, 4) is 0 Å². The average molecular weight is 273 g/mol. The highest BCUT2D eigenvalue weighted by Crippen LogP contribution is 2.09. The summed E-state index contributed by atoms with van der Waals surface area (Å²) in [5, 5.41) is 3.06. The van der Waals surface area contributed by atoms with Crippen molar-refractivity contribution in [1.82, 2.24) is 5.32 Å². The number of hydrogen-bond donors (Lipinski definition) is 1. The summed E-state index contributed by atoms with van der Waals surface area (Å²) in [5.74, 6) is 0.158. The molecule has 108 valence electrons. The summed E-state index contributed by atoms with van der Waals surface area (Å²) in [6.45, 7) is 5.59. The van der Waals surface area contributed by atoms with Crippen LogP contribution in [0.3, 0.4) is 0 Å². The monoisotopic (exact) mass is 273 g/mol. The minimum Gasteiger partial charge on any atom is -0.379 e. The second-order valence-electron chi connectivity index (χ2n) is 5.03. The third-order valence-corrected chi connectivity index (χ3v) is 3.11. The smallest absolute Gasteiger partial charge is 0.155 e. The Morgan fingerprint density at radius 3 is 2.65 bits per heavy atom. The van der Waals surface area contributed by atoms with Crippen LogP contribution >= 0.6 is 0 Å². The van der Waals surface area contributed by atoms with Crippen LogP contribution in [0.2, 0.25) is 0 Å². The third kappa shape index (κ3) is 6.32. The van der Waals surface area contributed by atoms with Crippen molar-refractivity contribution in [2.75, 3.05) is 0 Å². The van der Waals surface area contributed by atoms with E-state index in [2.05, 4.69) is 24.0 Å². The van der Waals surface area contributed by atoms with E-state index < -0.39 is 0 Å². The number of benzene rings is 1. The van der Waals surface area contributed by atoms with Crippen molar-refractivity contribution in [2.24, 2.45) is 0 Å². The quantitative estimate of drug-likeness (QED) is 0.666. The molecule has 3 heteroatoms. The maximum atomic E-state index is 12.2. The van der Waals surface area contributed by atoms with Gasteiger partial charge >= 0.3 is 0 Å². The predicted octanol–water partition coefficient (Wildman–Crippen LogP) is 3.05. The van der Waals surface area contributed by atoms with Gasteiger partial charge in [-0.2, -0.15) is 0 Å². The van der Waals surface area contributed by atoms with Gasteiger partial charge in [-0.1, -0.05) is 36.9 Å². The summed E-state index contributed by atoms with van der Waals surface area (Å²) < 4.78 is 0. The Morgan fingerprint density at radius 1 is 1.35 bits per heavy atom. The minimum absolute atomic E-state index is 0.158. The molecule has 1 N–H and O–H groups in total. The van der Waals surface area contributed by atoms with E-state index in [4.69, 9.17) is 0 Å². The maximum Gasteiger partial charge on any atom is 0.155 e. The van der Waals surface area contributed by atoms with Crippen LogP contribution in [0.15, 0.2) is 42.6 Å². The van der Waals surface area contributed by atoms with E-state index in [0.717, 1.165) is 24.8 Å². The predicted molar refractivity (Wildman–Crippen MR) is 81.4 cm³/mol. The average Bonchev–Trinajstić information content (AvgIpc) is 2.44. The van der Waals surface area contributed by atoms with Crippen molar-refractivity contribution in [2.45, 2.75) is 45.1 Å². The second-order valence-corrected chi connectivity index (χ2v) is 5.03. The number of rotatable bonds is 10. The van der Waals surface area contributed by atoms with Crippen molar-refractivity contribution >= 4 is 12.1 Å². The van der Waals surface area contributed by atoms with Crippen LogP contribution in [-0.2, 0) is 16.0 Å². The summed E-state index contributed by atoms with van der Waals surface area (Å²) >= 11 is 0. The lowest BCUT2D eigenvalue weighted by atomic mass is 10.00. The molecule has 0 aliphatic rings. The number of aldehydes is 1. The molecule has 1 atom stereocenters. The first-order valence-electron chi connectivity index (χ1n) is 7.06. The van der Waals surface area contributed by atoms with Gasteiger partial charge in [0.2, 0.25) is 0 Å². The van der Waals surface area contributed by atoms with Gasteiger partial charge in [-0.3, -0.25) is 4.79 Å². The Bertz CT molecular complexity index is 440. The van der Waals surface area contributed by atoms with Crippen LogP contribution in [-0.4, -0.2) is 18.1 Å². The minimum atomic E-state index is -0.284. The van der Waals surface area contributed by atoms with Crippen molar-refractivity contribution < 1.29 is 9.59 Å². The van der Waals surface area contributed by atoms with E-state index in [1.807, 2.05) is 25.1 Å². The molecule has 0 radical (unpaired) electrons. The van der Waals surface area contributed by atoms with Gasteiger partial charge in [0.1, 0.15) is 6.29 Å². The van der Waals surface area contributed by atoms with Crippen LogP contribution in [0.4, 0.5) is 0 Å². The summed E-state index contributed by atoms with van der Waals surface area (Å²) in [7, 11) is 0. The Morgan fingerprint density at radius 2 is 2.05 bits per heavy atom. The molecule has 0 bridgehead atoms. The molecule has 0 heterocycles. The highest BCUT2D eigenvalue weighted by atomic mass is 16.1. The molecule has 0 aliphatic carbocycles. The van der Waals surface area contributed by atoms with Crippen molar-refractivity contribution in [3.05, 3.63) is 48.2 Å². The molecule has 0 amide bonds. The molecule has 0 aliphatic heterocycles. The largest absolute Gasteiger partial charge is 0.379 e. The second kappa shape index (κ2) is 9.08. The Hall–Kier alpha value is -1.90. The summed E-state index contributed by atoms with van der Waals surface area (Å²) in [4.78, 5) is 22.6. The zero-order valence-electron chi connectivity index (χ0n) is 12.1. The highest BCUT2D eigenvalue weighted by molar-refractivity contribution is 5.84. The fraction of sp³-hybridized carbons (Fsp3) is 0.412. The van der Waals surface area contributed by atoms with E-state index in [-0.39, 0.29) is 11.8 Å². The molecule has 0 saturated carbocycles. The molecule has 1 aromatic carbocycles. The number of Topliss-reactive ketones (excluding diaryl/α,β-unsaturated/α-hetero) is 1. The Kier molecular flexibility index (Phi) is 7.33. The highest BCUT2D eigenvalue weighted by Gasteiger charge is 2.16. The molecule has 20 heavy (non-hydrogen) atoms. The molecule has 0 saturated heterocycles. The molecule has 0 fully saturated rings. The number of carbonyl (C=O) groups is 2. The zero-order valence-corrected chi connectivity index (χ0v) is 12.1. The first kappa shape index (κ1) is 16.2. The molecular weight excluding hydrogens is 250 g/mol. The normalized spacial score (nSPS) is 11.7. The van der Waals surface area contributed by atoms with Gasteiger partial charge in [-0.05, 0) is 31.7 Å². The lowest BCUT2D eigenvalue weighted by Crippen LogP contribution is -2.35. The van der Waals surface area contributed by atoms with Gasteiger partial charge in [-0.15, -0.1) is 0 Å². The number of allylic oxidation sites excluding steroid dienone is 1. The van der Waals surface area contributed by atoms with Gasteiger partial charge in [0.25, 0.3) is 0 Å². The standard InChI is InChI=1S/C17H23NO2/c1-14(2)18-16(11-7-13-19)17(20)12-6-10-15-8-4-3-5-9-15/h3-5,8-9,13,16,18H,1,6-7,10-12H2,2H3. The molecule has 1 aromatic rings. The topological polar surface area (TPSA) is 46.2 Å². The first-order valence-corrected chi connectivity index (χ1v) is 7.06. The fourth-order valence-electron chi connectivity index (χ4n) is 2.13. The third-order valence-electron chi connectivity index (χ3n) is 3.11. The lowest BCUT2D eigenvalue weighted by molar-refractivity contribution is -0.121. The molecule has 1 unspecified atom stereocenters. The Balaban J connectivity index is 2.40. The SMILES string of the molecule is C=C(C)NC(CCC=O)C(=O)CCCc1ccccc1. The van der Waals surface area contributed by atoms with Gasteiger partial charge in [0.05, 0.1) is 6.04 Å². The Labute approximate surface area is 121 Å². The van der Waals surface area contributed by atoms with Gasteiger partial charge in [0, 0.05) is 18.5 Å². The zero-order chi connectivity index (χ0) is 14.8. The van der Waals surface area contributed by atoms with Crippen molar-refractivity contribution in [3.63, 3.8) is 0 Å². The van der Waals surface area contributed by atoms with Crippen LogP contribution in [0.5, 0.6) is 0 Å².